The molecule has 0 nitrogen and oxygen atoms in total. The van der Waals surface area contributed by atoms with Crippen LogP contribution in [-0.4, -0.2) is 25.7 Å². The summed E-state index contributed by atoms with van der Waals surface area (Å²) in [5.74, 6) is 0. The fourth-order valence-electron chi connectivity index (χ4n) is 7.17. The lowest BCUT2D eigenvalue weighted by Gasteiger charge is -2.18. The van der Waals surface area contributed by atoms with Gasteiger partial charge in [-0.1, -0.05) is 226 Å². The molecule has 1 heteroatoms. The van der Waals surface area contributed by atoms with Crippen LogP contribution in [0.25, 0.3) is 0 Å². The first-order valence-corrected chi connectivity index (χ1v) is 24.5. The van der Waals surface area contributed by atoms with Crippen LogP contribution < -0.4 is 0 Å². The molecule has 0 saturated carbocycles. The summed E-state index contributed by atoms with van der Waals surface area (Å²) in [7, 11) is -0.626. The highest BCUT2D eigenvalue weighted by atomic mass is 31.2. The molecule has 0 aromatic rings. The van der Waals surface area contributed by atoms with Crippen molar-refractivity contribution in [3.63, 3.8) is 0 Å². The van der Waals surface area contributed by atoms with Gasteiger partial charge in [-0.25, -0.2) is 0 Å². The van der Waals surface area contributed by atoms with Crippen LogP contribution in [0.1, 0.15) is 251 Å². The maximum atomic E-state index is 2.65. The van der Waals surface area contributed by atoms with Gasteiger partial charge in [0.1, 0.15) is 0 Å². The monoisotopic (exact) mass is 638 g/mol. The molecule has 0 bridgehead atoms. The van der Waals surface area contributed by atoms with Gasteiger partial charge in [-0.3, -0.25) is 0 Å². The standard InChI is InChI=1S/C43H90P/c1-5-7-9-11-13-15-17-19-21-23-25-27-29-31-33-35-37-39-41-43-44(3,4)42-40-38-36-34-32-30-28-26-24-22-20-18-16-14-12-10-8-6-2/h5-43H2,1-4H3/q+1. The molecule has 0 saturated heterocycles. The van der Waals surface area contributed by atoms with Crippen LogP contribution >= 0.6 is 7.26 Å². The summed E-state index contributed by atoms with van der Waals surface area (Å²) in [6.45, 7) is 9.92. The maximum absolute atomic E-state index is 2.65. The molecule has 0 spiro atoms. The van der Waals surface area contributed by atoms with E-state index in [0.29, 0.717) is 0 Å². The number of hydrogen-bond donors (Lipinski definition) is 0. The lowest BCUT2D eigenvalue weighted by Crippen LogP contribution is -2.01. The van der Waals surface area contributed by atoms with Crippen LogP contribution in [0, 0.1) is 0 Å². The lowest BCUT2D eigenvalue weighted by molar-refractivity contribution is 0.524. The fraction of sp³-hybridized carbons (Fsp3) is 1.00. The Morgan fingerprint density at radius 3 is 0.500 bits per heavy atom. The summed E-state index contributed by atoms with van der Waals surface area (Å²) in [4.78, 5) is 0. The third kappa shape index (κ3) is 38.6. The van der Waals surface area contributed by atoms with E-state index in [2.05, 4.69) is 27.2 Å². The predicted molar refractivity (Wildman–Crippen MR) is 211 cm³/mol. The number of rotatable bonds is 39. The van der Waals surface area contributed by atoms with Crippen molar-refractivity contribution >= 4 is 7.26 Å². The molecular formula is C43H90P+. The van der Waals surface area contributed by atoms with Crippen LogP contribution in [0.3, 0.4) is 0 Å². The second kappa shape index (κ2) is 37.9. The lowest BCUT2D eigenvalue weighted by atomic mass is 10.0. The predicted octanol–water partition coefficient (Wildman–Crippen LogP) is 16.7. The Kier molecular flexibility index (Phi) is 38.3. The van der Waals surface area contributed by atoms with E-state index in [0.717, 1.165) is 0 Å². The Balaban J connectivity index is 3.25. The minimum absolute atomic E-state index is 0.626. The second-order valence-corrected chi connectivity index (χ2v) is 20.5. The highest BCUT2D eigenvalue weighted by Gasteiger charge is 2.23. The highest BCUT2D eigenvalue weighted by molar-refractivity contribution is 7.74. The Morgan fingerprint density at radius 1 is 0.205 bits per heavy atom. The fourth-order valence-corrected chi connectivity index (χ4v) is 9.55. The van der Waals surface area contributed by atoms with Gasteiger partial charge >= 0.3 is 0 Å². The Morgan fingerprint density at radius 2 is 0.341 bits per heavy atom. The zero-order valence-electron chi connectivity index (χ0n) is 32.0. The Bertz CT molecular complexity index is 497. The van der Waals surface area contributed by atoms with Crippen molar-refractivity contribution < 1.29 is 0 Å². The molecule has 0 atom stereocenters. The van der Waals surface area contributed by atoms with E-state index in [9.17, 15) is 0 Å². The summed E-state index contributed by atoms with van der Waals surface area (Å²) < 4.78 is 0. The molecule has 0 fully saturated rings. The molecule has 44 heavy (non-hydrogen) atoms. The molecule has 0 radical (unpaired) electrons. The van der Waals surface area contributed by atoms with Gasteiger partial charge < -0.3 is 0 Å². The smallest absolute Gasteiger partial charge is 0.0589 e. The summed E-state index contributed by atoms with van der Waals surface area (Å²) in [5, 5.41) is 0. The first-order valence-electron chi connectivity index (χ1n) is 21.4. The Labute approximate surface area is 283 Å². The van der Waals surface area contributed by atoms with E-state index in [1.165, 1.54) is 238 Å². The second-order valence-electron chi connectivity index (χ2n) is 15.8. The summed E-state index contributed by atoms with van der Waals surface area (Å²) in [5.41, 5.74) is 0. The topological polar surface area (TPSA) is 0 Å². The average molecular weight is 638 g/mol. The maximum Gasteiger partial charge on any atom is 0.0589 e. The van der Waals surface area contributed by atoms with Gasteiger partial charge in [-0.2, -0.15) is 0 Å². The van der Waals surface area contributed by atoms with Crippen molar-refractivity contribution in [1.29, 1.82) is 0 Å². The summed E-state index contributed by atoms with van der Waals surface area (Å²) in [6.07, 6.45) is 58.0. The van der Waals surface area contributed by atoms with Crippen LogP contribution in [0.5, 0.6) is 0 Å². The van der Waals surface area contributed by atoms with Crippen molar-refractivity contribution in [3.8, 4) is 0 Å². The van der Waals surface area contributed by atoms with Crippen molar-refractivity contribution in [1.82, 2.24) is 0 Å². The zero-order chi connectivity index (χ0) is 32.1. The molecule has 0 unspecified atom stereocenters. The Hall–Kier alpha value is 0.430. The molecule has 0 aromatic heterocycles. The van der Waals surface area contributed by atoms with E-state index in [-0.39, 0.29) is 0 Å². The van der Waals surface area contributed by atoms with Crippen LogP contribution in [0.15, 0.2) is 0 Å². The highest BCUT2D eigenvalue weighted by Crippen LogP contribution is 2.52. The van der Waals surface area contributed by atoms with Crippen molar-refractivity contribution in [2.24, 2.45) is 0 Å². The van der Waals surface area contributed by atoms with Crippen LogP contribution in [0.2, 0.25) is 0 Å². The minimum Gasteiger partial charge on any atom is -0.0654 e. The molecule has 0 aromatic carbocycles. The van der Waals surface area contributed by atoms with Crippen molar-refractivity contribution in [3.05, 3.63) is 0 Å². The third-order valence-corrected chi connectivity index (χ3v) is 13.5. The van der Waals surface area contributed by atoms with E-state index >= 15 is 0 Å². The molecule has 266 valence electrons. The molecule has 0 N–H and O–H groups in total. The van der Waals surface area contributed by atoms with E-state index in [1.807, 2.05) is 0 Å². The van der Waals surface area contributed by atoms with Gasteiger partial charge in [0, 0.05) is 20.6 Å². The van der Waals surface area contributed by atoms with Gasteiger partial charge in [0.2, 0.25) is 0 Å². The summed E-state index contributed by atoms with van der Waals surface area (Å²) >= 11 is 0. The van der Waals surface area contributed by atoms with Crippen LogP contribution in [-0.2, 0) is 0 Å². The van der Waals surface area contributed by atoms with Gasteiger partial charge in [0.05, 0.1) is 12.3 Å². The zero-order valence-corrected chi connectivity index (χ0v) is 32.9. The van der Waals surface area contributed by atoms with E-state index in [1.54, 1.807) is 12.3 Å². The molecule has 0 amide bonds. The van der Waals surface area contributed by atoms with Gasteiger partial charge in [0.15, 0.2) is 0 Å². The van der Waals surface area contributed by atoms with Crippen molar-refractivity contribution in [2.45, 2.75) is 251 Å². The van der Waals surface area contributed by atoms with Crippen LogP contribution in [0.4, 0.5) is 0 Å². The van der Waals surface area contributed by atoms with E-state index < -0.39 is 7.26 Å². The molecule has 0 aliphatic rings. The quantitative estimate of drug-likeness (QED) is 0.0465. The largest absolute Gasteiger partial charge is 0.0654 e. The minimum atomic E-state index is -0.626. The van der Waals surface area contributed by atoms with Gasteiger partial charge in [0.25, 0.3) is 0 Å². The van der Waals surface area contributed by atoms with E-state index in [4.69, 9.17) is 0 Å². The molecule has 0 aliphatic carbocycles. The summed E-state index contributed by atoms with van der Waals surface area (Å²) in [6, 6.07) is 0. The first-order chi connectivity index (χ1) is 21.6. The average Bonchev–Trinajstić information content (AvgIpc) is 3.01. The number of hydrogen-bond acceptors (Lipinski definition) is 0. The first kappa shape index (κ1) is 44.4. The van der Waals surface area contributed by atoms with Crippen molar-refractivity contribution in [2.75, 3.05) is 25.7 Å². The number of unbranched alkanes of at least 4 members (excludes halogenated alkanes) is 35. The molecule has 0 heterocycles. The van der Waals surface area contributed by atoms with Gasteiger partial charge in [-0.15, -0.1) is 0 Å². The molecule has 0 aliphatic heterocycles. The molecular weight excluding hydrogens is 547 g/mol. The SMILES string of the molecule is CCCCCCCCCCCCCCCCCCCCC[P+](C)(C)CCCCCCCCCCCCCCCCCCCC. The third-order valence-electron chi connectivity index (χ3n) is 10.5. The van der Waals surface area contributed by atoms with Gasteiger partial charge in [-0.05, 0) is 25.7 Å². The molecule has 0 rings (SSSR count). The normalized spacial score (nSPS) is 12.0.